The molecule has 0 saturated carbocycles. The Morgan fingerprint density at radius 1 is 1.20 bits per heavy atom. The van der Waals surface area contributed by atoms with Crippen molar-refractivity contribution in [2.24, 2.45) is 0 Å². The monoisotopic (exact) mass is 388 g/mol. The number of hydrogen-bond donors (Lipinski definition) is 0. The third-order valence-electron chi connectivity index (χ3n) is 4.86. The molecule has 0 unspecified atom stereocenters. The molecule has 7 nitrogen and oxygen atoms in total. The van der Waals surface area contributed by atoms with Crippen molar-refractivity contribution in [2.75, 3.05) is 27.3 Å². The number of rotatable bonds is 4. The first-order valence-electron chi connectivity index (χ1n) is 8.05. The first-order valence-corrected chi connectivity index (χ1v) is 9.87. The number of benzene rings is 1. The van der Waals surface area contributed by atoms with Gasteiger partial charge in [0, 0.05) is 31.3 Å². The molecule has 1 aromatic carbocycles. The van der Waals surface area contributed by atoms with E-state index < -0.39 is 16.1 Å². The number of sulfonamides is 1. The quantitative estimate of drug-likeness (QED) is 0.785. The molecule has 9 heteroatoms. The van der Waals surface area contributed by atoms with Gasteiger partial charge in [-0.15, -0.1) is 0 Å². The van der Waals surface area contributed by atoms with Gasteiger partial charge < -0.3 is 14.4 Å². The second kappa shape index (κ2) is 6.66. The van der Waals surface area contributed by atoms with E-state index in [-0.39, 0.29) is 39.9 Å². The van der Waals surface area contributed by atoms with Crippen LogP contribution in [-0.4, -0.2) is 62.9 Å². The number of methoxy groups -OCH3 is 2. The van der Waals surface area contributed by atoms with Crippen LogP contribution >= 0.6 is 11.6 Å². The van der Waals surface area contributed by atoms with Gasteiger partial charge in [0.05, 0.1) is 19.2 Å². The fourth-order valence-electron chi connectivity index (χ4n) is 3.51. The van der Waals surface area contributed by atoms with Crippen LogP contribution in [0.1, 0.15) is 19.8 Å². The van der Waals surface area contributed by atoms with Gasteiger partial charge >= 0.3 is 0 Å². The van der Waals surface area contributed by atoms with Gasteiger partial charge in [-0.05, 0) is 19.8 Å². The van der Waals surface area contributed by atoms with E-state index in [0.29, 0.717) is 6.54 Å². The number of fused-ring (bicyclic) bond motifs is 1. The van der Waals surface area contributed by atoms with Crippen LogP contribution in [0.5, 0.6) is 11.5 Å². The molecular weight excluding hydrogens is 368 g/mol. The minimum Gasteiger partial charge on any atom is -0.495 e. The number of carbonyl (C=O) groups is 1. The Hall–Kier alpha value is -1.51. The minimum absolute atomic E-state index is 0.0534. The van der Waals surface area contributed by atoms with Crippen molar-refractivity contribution in [1.29, 1.82) is 0 Å². The van der Waals surface area contributed by atoms with E-state index in [0.717, 1.165) is 12.8 Å². The fraction of sp³-hybridized carbons (Fsp3) is 0.562. The molecule has 0 aromatic heterocycles. The van der Waals surface area contributed by atoms with Crippen LogP contribution in [0.15, 0.2) is 17.0 Å². The van der Waals surface area contributed by atoms with E-state index in [2.05, 4.69) is 0 Å². The number of ether oxygens (including phenoxy) is 2. The minimum atomic E-state index is -3.95. The standard InChI is InChI=1S/C16H21ClN2O5S/c1-10-16(20)18-6-4-5-11(18)9-19(10)25(21,22)15-8-13(23-2)12(17)7-14(15)24-3/h7-8,10-11H,4-6,9H2,1-3H3/t10-,11-/m0/s1. The van der Waals surface area contributed by atoms with Gasteiger partial charge in [0.15, 0.2) is 0 Å². The molecule has 2 fully saturated rings. The molecule has 0 radical (unpaired) electrons. The molecule has 2 heterocycles. The van der Waals surface area contributed by atoms with Crippen LogP contribution < -0.4 is 9.47 Å². The number of nitrogens with zero attached hydrogens (tertiary/aromatic N) is 2. The van der Waals surface area contributed by atoms with E-state index in [1.54, 1.807) is 11.8 Å². The number of carbonyl (C=O) groups excluding carboxylic acids is 1. The molecule has 3 rings (SSSR count). The summed E-state index contributed by atoms with van der Waals surface area (Å²) in [4.78, 5) is 14.3. The summed E-state index contributed by atoms with van der Waals surface area (Å²) in [5, 5.41) is 0.253. The van der Waals surface area contributed by atoms with Gasteiger partial charge in [0.25, 0.3) is 0 Å². The van der Waals surface area contributed by atoms with Crippen LogP contribution in [0.2, 0.25) is 5.02 Å². The highest BCUT2D eigenvalue weighted by molar-refractivity contribution is 7.89. The average molecular weight is 389 g/mol. The molecule has 1 amide bonds. The summed E-state index contributed by atoms with van der Waals surface area (Å²) in [6, 6.07) is 1.92. The van der Waals surface area contributed by atoms with Crippen LogP contribution in [0.4, 0.5) is 0 Å². The summed E-state index contributed by atoms with van der Waals surface area (Å²) < 4.78 is 38.1. The smallest absolute Gasteiger partial charge is 0.247 e. The lowest BCUT2D eigenvalue weighted by molar-refractivity contribution is -0.139. The molecule has 138 valence electrons. The fourth-order valence-corrected chi connectivity index (χ4v) is 5.52. The third kappa shape index (κ3) is 2.96. The Labute approximate surface area is 152 Å². The van der Waals surface area contributed by atoms with E-state index in [1.807, 2.05) is 0 Å². The molecule has 0 aliphatic carbocycles. The SMILES string of the molecule is COc1cc(S(=O)(=O)N2C[C@@H]3CCCN3C(=O)[C@@H]2C)c(OC)cc1Cl. The molecule has 0 bridgehead atoms. The van der Waals surface area contributed by atoms with Crippen LogP contribution in [0.25, 0.3) is 0 Å². The van der Waals surface area contributed by atoms with Crippen molar-refractivity contribution in [3.63, 3.8) is 0 Å². The van der Waals surface area contributed by atoms with Gasteiger partial charge in [0.1, 0.15) is 22.4 Å². The van der Waals surface area contributed by atoms with E-state index in [4.69, 9.17) is 21.1 Å². The second-order valence-electron chi connectivity index (χ2n) is 6.22. The van der Waals surface area contributed by atoms with Gasteiger partial charge in [-0.3, -0.25) is 4.79 Å². The van der Waals surface area contributed by atoms with Crippen molar-refractivity contribution in [3.8, 4) is 11.5 Å². The molecular formula is C16H21ClN2O5S. The van der Waals surface area contributed by atoms with E-state index in [1.165, 1.54) is 30.7 Å². The Morgan fingerprint density at radius 2 is 1.88 bits per heavy atom. The summed E-state index contributed by atoms with van der Waals surface area (Å²) >= 11 is 6.07. The number of amides is 1. The first kappa shape index (κ1) is 18.3. The van der Waals surface area contributed by atoms with Crippen LogP contribution in [-0.2, 0) is 14.8 Å². The number of piperazine rings is 1. The maximum Gasteiger partial charge on any atom is 0.247 e. The molecule has 2 aliphatic heterocycles. The van der Waals surface area contributed by atoms with Gasteiger partial charge in [-0.25, -0.2) is 8.42 Å². The van der Waals surface area contributed by atoms with Crippen LogP contribution in [0, 0.1) is 0 Å². The second-order valence-corrected chi connectivity index (χ2v) is 8.48. The summed E-state index contributed by atoms with van der Waals surface area (Å²) in [5.41, 5.74) is 0. The number of halogens is 1. The van der Waals surface area contributed by atoms with Crippen molar-refractivity contribution < 1.29 is 22.7 Å². The number of hydrogen-bond acceptors (Lipinski definition) is 5. The zero-order chi connectivity index (χ0) is 18.4. The summed E-state index contributed by atoms with van der Waals surface area (Å²) in [6.07, 6.45) is 1.71. The van der Waals surface area contributed by atoms with E-state index >= 15 is 0 Å². The normalized spacial score (nSPS) is 24.3. The highest BCUT2D eigenvalue weighted by Crippen LogP contribution is 2.38. The summed E-state index contributed by atoms with van der Waals surface area (Å²) in [7, 11) is -1.17. The third-order valence-corrected chi connectivity index (χ3v) is 7.12. The van der Waals surface area contributed by atoms with Crippen molar-refractivity contribution >= 4 is 27.5 Å². The lowest BCUT2D eigenvalue weighted by atomic mass is 10.1. The molecule has 0 N–H and O–H groups in total. The molecule has 0 spiro atoms. The highest BCUT2D eigenvalue weighted by Gasteiger charge is 2.46. The topological polar surface area (TPSA) is 76.2 Å². The Bertz CT molecular complexity index is 798. The Kier molecular flexibility index (Phi) is 4.87. The first-order chi connectivity index (χ1) is 11.8. The van der Waals surface area contributed by atoms with Crippen molar-refractivity contribution in [2.45, 2.75) is 36.7 Å². The summed E-state index contributed by atoms with van der Waals surface area (Å²) in [5.74, 6) is 0.205. The Balaban J connectivity index is 2.05. The molecule has 2 saturated heterocycles. The summed E-state index contributed by atoms with van der Waals surface area (Å²) in [6.45, 7) is 2.59. The predicted octanol–water partition coefficient (Wildman–Crippen LogP) is 1.74. The lowest BCUT2D eigenvalue weighted by Gasteiger charge is -2.40. The molecule has 2 atom stereocenters. The molecule has 2 aliphatic rings. The average Bonchev–Trinajstić information content (AvgIpc) is 3.06. The van der Waals surface area contributed by atoms with Gasteiger partial charge in [-0.1, -0.05) is 11.6 Å². The Morgan fingerprint density at radius 3 is 2.52 bits per heavy atom. The predicted molar refractivity (Wildman–Crippen MR) is 92.6 cm³/mol. The largest absolute Gasteiger partial charge is 0.495 e. The highest BCUT2D eigenvalue weighted by atomic mass is 35.5. The van der Waals surface area contributed by atoms with E-state index in [9.17, 15) is 13.2 Å². The maximum atomic E-state index is 13.3. The van der Waals surface area contributed by atoms with Gasteiger partial charge in [0.2, 0.25) is 15.9 Å². The van der Waals surface area contributed by atoms with Crippen molar-refractivity contribution in [3.05, 3.63) is 17.2 Å². The molecule has 1 aromatic rings. The van der Waals surface area contributed by atoms with Crippen molar-refractivity contribution in [1.82, 2.24) is 9.21 Å². The zero-order valence-electron chi connectivity index (χ0n) is 14.4. The van der Waals surface area contributed by atoms with Gasteiger partial charge in [-0.2, -0.15) is 4.31 Å². The van der Waals surface area contributed by atoms with Crippen LogP contribution in [0.3, 0.4) is 0 Å². The lowest BCUT2D eigenvalue weighted by Crippen LogP contribution is -2.59. The maximum absolute atomic E-state index is 13.3. The molecule has 25 heavy (non-hydrogen) atoms. The zero-order valence-corrected chi connectivity index (χ0v) is 15.9.